The fourth-order valence-electron chi connectivity index (χ4n) is 12.8. The Kier molecular flexibility index (Phi) is 9.62. The number of nitrogens with zero attached hydrogens (tertiary/aromatic N) is 6. The maximum atomic E-state index is 12.9. The Bertz CT molecular complexity index is 4880. The number of benzene rings is 10. The molecule has 0 aliphatic heterocycles. The summed E-state index contributed by atoms with van der Waals surface area (Å²) >= 11 is 1.69. The van der Waals surface area contributed by atoms with Crippen molar-refractivity contribution in [2.75, 3.05) is 0 Å². The second kappa shape index (κ2) is 16.4. The molecular weight excluding hydrogens is 957 g/mol. The van der Waals surface area contributed by atoms with Crippen LogP contribution in [0.1, 0.15) is 50.1 Å². The van der Waals surface area contributed by atoms with Gasteiger partial charge < -0.3 is 18.3 Å². The zero-order valence-corrected chi connectivity index (χ0v) is 45.1. The van der Waals surface area contributed by atoms with Crippen LogP contribution in [-0.4, -0.2) is 23.3 Å². The average Bonchev–Trinajstić information content (AvgIpc) is 4.42. The normalized spacial score (nSPS) is 12.1. The minimum Gasteiger partial charge on any atom is -0.307 e. The molecule has 5 heterocycles. The molecule has 77 heavy (non-hydrogen) atoms. The molecular formula is C70H52N6S. The van der Waals surface area contributed by atoms with Crippen molar-refractivity contribution >= 4 is 109 Å². The molecule has 6 nitrogen and oxygen atoms in total. The average molecular weight is 1010 g/mol. The molecule has 15 aromatic rings. The van der Waals surface area contributed by atoms with Crippen molar-refractivity contribution in [2.24, 2.45) is 0 Å². The van der Waals surface area contributed by atoms with Gasteiger partial charge in [0.15, 0.2) is 0 Å². The van der Waals surface area contributed by atoms with E-state index < -0.39 is 0 Å². The van der Waals surface area contributed by atoms with E-state index in [0.29, 0.717) is 5.56 Å². The summed E-state index contributed by atoms with van der Waals surface area (Å²) in [5.41, 5.74) is 23.5. The first-order valence-electron chi connectivity index (χ1n) is 26.5. The van der Waals surface area contributed by atoms with Gasteiger partial charge in [0.2, 0.25) is 0 Å². The third kappa shape index (κ3) is 6.49. The maximum Gasteiger partial charge on any atom is 0.128 e. The fraction of sp³-hybridized carbons (Fsp3) is 0.114. The van der Waals surface area contributed by atoms with Crippen molar-refractivity contribution in [2.45, 2.75) is 55.4 Å². The molecule has 0 atom stereocenters. The lowest BCUT2D eigenvalue weighted by atomic mass is 9.98. The van der Waals surface area contributed by atoms with Crippen molar-refractivity contribution in [1.29, 1.82) is 5.26 Å². The number of fused-ring (bicyclic) bond motifs is 13. The SMILES string of the molecule is Cc1ccc2c(c1)c1cc(C)ccc1n2-c1c(C#N)c(-n2c3ccc(C)cc3c3cc(C)ccc32)c(-n2c3ccc(C)cc3c3cc(C)ccc32)c(-n2c3ccc(C)cc3c3cc(C)ccc32)c1-c1nc2ccccc2s1. The van der Waals surface area contributed by atoms with Crippen molar-refractivity contribution in [3.05, 3.63) is 220 Å². The van der Waals surface area contributed by atoms with Gasteiger partial charge in [0, 0.05) is 43.1 Å². The van der Waals surface area contributed by atoms with Gasteiger partial charge in [-0.2, -0.15) is 5.26 Å². The molecule has 5 aromatic heterocycles. The molecule has 0 unspecified atom stereocenters. The molecule has 0 N–H and O–H groups in total. The molecule has 0 radical (unpaired) electrons. The molecule has 368 valence electrons. The molecule has 0 spiro atoms. The lowest BCUT2D eigenvalue weighted by Crippen LogP contribution is -2.16. The van der Waals surface area contributed by atoms with E-state index in [2.05, 4.69) is 250 Å². The van der Waals surface area contributed by atoms with Gasteiger partial charge in [-0.25, -0.2) is 4.98 Å². The van der Waals surface area contributed by atoms with Gasteiger partial charge in [-0.3, -0.25) is 0 Å². The highest BCUT2D eigenvalue weighted by atomic mass is 32.1. The third-order valence-electron chi connectivity index (χ3n) is 16.2. The van der Waals surface area contributed by atoms with Gasteiger partial charge >= 0.3 is 0 Å². The van der Waals surface area contributed by atoms with Crippen molar-refractivity contribution in [1.82, 2.24) is 23.3 Å². The van der Waals surface area contributed by atoms with Crippen LogP contribution < -0.4 is 0 Å². The first kappa shape index (κ1) is 45.2. The molecule has 10 aromatic carbocycles. The highest BCUT2D eigenvalue weighted by Gasteiger charge is 2.36. The highest BCUT2D eigenvalue weighted by molar-refractivity contribution is 7.21. The largest absolute Gasteiger partial charge is 0.307 e. The summed E-state index contributed by atoms with van der Waals surface area (Å²) in [6.07, 6.45) is 0. The zero-order chi connectivity index (χ0) is 52.3. The molecule has 0 amide bonds. The van der Waals surface area contributed by atoms with Gasteiger partial charge in [-0.05, 0) is 165 Å². The Balaban J connectivity index is 1.33. The van der Waals surface area contributed by atoms with Crippen LogP contribution in [0, 0.1) is 66.7 Å². The Hall–Kier alpha value is -9.22. The number of nitriles is 1. The minimum absolute atomic E-state index is 0.541. The summed E-state index contributed by atoms with van der Waals surface area (Å²) in [6.45, 7) is 17.4. The molecule has 15 rings (SSSR count). The Labute approximate surface area is 449 Å². The predicted octanol–water partition coefficient (Wildman–Crippen LogP) is 18.7. The van der Waals surface area contributed by atoms with Crippen LogP contribution in [0.5, 0.6) is 0 Å². The number of para-hydroxylation sites is 1. The van der Waals surface area contributed by atoms with Crippen LogP contribution in [0.25, 0.3) is 131 Å². The van der Waals surface area contributed by atoms with Crippen LogP contribution in [-0.2, 0) is 0 Å². The third-order valence-corrected chi connectivity index (χ3v) is 17.3. The van der Waals surface area contributed by atoms with Gasteiger partial charge in [-0.15, -0.1) is 11.3 Å². The molecule has 0 bridgehead atoms. The lowest BCUT2D eigenvalue weighted by molar-refractivity contribution is 1.03. The molecule has 0 saturated heterocycles. The van der Waals surface area contributed by atoms with Gasteiger partial charge in [0.1, 0.15) is 16.6 Å². The van der Waals surface area contributed by atoms with E-state index in [9.17, 15) is 5.26 Å². The number of aromatic nitrogens is 5. The summed E-state index contributed by atoms with van der Waals surface area (Å²) in [7, 11) is 0. The molecule has 0 saturated carbocycles. The first-order chi connectivity index (χ1) is 37.4. The Morgan fingerprint density at radius 2 is 0.623 bits per heavy atom. The standard InChI is InChI=1S/C70H52N6S/c1-38-13-21-56-46(29-38)47-30-39(2)14-22-57(47)73(56)66-54(37-71)67(74-58-23-15-40(3)31-48(58)49-32-41(4)16-24-59(49)74)69(76-62-27-19-44(7)35-52(62)53-36-45(8)20-28-63(53)76)68(65(66)70-72-55-11-9-10-12-64(55)77-70)75-60-25-17-42(5)33-50(60)51-34-43(6)18-26-61(51)75/h9-36H,1-8H3. The number of hydrogen-bond acceptors (Lipinski definition) is 3. The van der Waals surface area contributed by atoms with Crippen LogP contribution in [0.3, 0.4) is 0 Å². The summed E-state index contributed by atoms with van der Waals surface area (Å²) in [5, 5.41) is 22.9. The molecule has 0 aliphatic carbocycles. The second-order valence-corrected chi connectivity index (χ2v) is 22.8. The number of rotatable bonds is 5. The van der Waals surface area contributed by atoms with Crippen LogP contribution >= 0.6 is 11.3 Å². The van der Waals surface area contributed by atoms with E-state index in [4.69, 9.17) is 4.98 Å². The molecule has 0 aliphatic rings. The quantitative estimate of drug-likeness (QED) is 0.172. The predicted molar refractivity (Wildman–Crippen MR) is 325 cm³/mol. The van der Waals surface area contributed by atoms with Crippen molar-refractivity contribution in [3.63, 3.8) is 0 Å². The fourth-order valence-corrected chi connectivity index (χ4v) is 13.8. The van der Waals surface area contributed by atoms with E-state index in [1.807, 2.05) is 0 Å². The zero-order valence-electron chi connectivity index (χ0n) is 44.3. The van der Waals surface area contributed by atoms with Gasteiger partial charge in [-0.1, -0.05) is 105 Å². The Morgan fingerprint density at radius 1 is 0.338 bits per heavy atom. The monoisotopic (exact) mass is 1010 g/mol. The summed E-state index contributed by atoms with van der Waals surface area (Å²) in [5.74, 6) is 0. The smallest absolute Gasteiger partial charge is 0.128 e. The maximum absolute atomic E-state index is 12.9. The van der Waals surface area contributed by atoms with E-state index in [-0.39, 0.29) is 0 Å². The van der Waals surface area contributed by atoms with Crippen LogP contribution in [0.15, 0.2) is 170 Å². The van der Waals surface area contributed by atoms with Crippen molar-refractivity contribution < 1.29 is 0 Å². The van der Waals surface area contributed by atoms with Gasteiger partial charge in [0.05, 0.1) is 82.7 Å². The van der Waals surface area contributed by atoms with Crippen molar-refractivity contribution in [3.8, 4) is 39.4 Å². The van der Waals surface area contributed by atoms with E-state index in [1.54, 1.807) is 11.3 Å². The number of hydrogen-bond donors (Lipinski definition) is 0. The van der Waals surface area contributed by atoms with E-state index >= 15 is 0 Å². The van der Waals surface area contributed by atoms with Crippen LogP contribution in [0.2, 0.25) is 0 Å². The number of aryl methyl sites for hydroxylation is 8. The lowest BCUT2D eigenvalue weighted by Gasteiger charge is -2.28. The van der Waals surface area contributed by atoms with Gasteiger partial charge in [0.25, 0.3) is 0 Å². The van der Waals surface area contributed by atoms with E-state index in [0.717, 1.165) is 131 Å². The minimum atomic E-state index is 0.541. The van der Waals surface area contributed by atoms with Crippen LogP contribution in [0.4, 0.5) is 0 Å². The second-order valence-electron chi connectivity index (χ2n) is 21.7. The summed E-state index contributed by atoms with van der Waals surface area (Å²) < 4.78 is 10.9. The first-order valence-corrected chi connectivity index (χ1v) is 27.3. The molecule has 7 heteroatoms. The summed E-state index contributed by atoms with van der Waals surface area (Å²) in [6, 6.07) is 66.2. The van der Waals surface area contributed by atoms with E-state index in [1.165, 1.54) is 44.5 Å². The molecule has 0 fully saturated rings. The highest BCUT2D eigenvalue weighted by Crippen LogP contribution is 2.53. The topological polar surface area (TPSA) is 56.4 Å². The number of thiazole rings is 1. The Morgan fingerprint density at radius 3 is 0.935 bits per heavy atom. The summed E-state index contributed by atoms with van der Waals surface area (Å²) in [4.78, 5) is 5.72.